The van der Waals surface area contributed by atoms with E-state index in [4.69, 9.17) is 5.11 Å². The number of hydrogen-bond donors (Lipinski definition) is 2. The van der Waals surface area contributed by atoms with Crippen LogP contribution in [-0.4, -0.2) is 16.8 Å². The molecular formula is C10H10BrF3O2. The van der Waals surface area contributed by atoms with Gasteiger partial charge < -0.3 is 10.2 Å². The molecule has 2 N–H and O–H groups in total. The first kappa shape index (κ1) is 13.5. The molecule has 1 unspecified atom stereocenters. The molecule has 0 aromatic heterocycles. The van der Waals surface area contributed by atoms with Crippen molar-refractivity contribution < 1.29 is 23.4 Å². The van der Waals surface area contributed by atoms with Crippen molar-refractivity contribution in [1.82, 2.24) is 0 Å². The SMILES string of the molecule is OCCC(O)c1ccc(C(F)(F)F)c(Br)c1. The van der Waals surface area contributed by atoms with Crippen molar-refractivity contribution in [2.45, 2.75) is 18.7 Å². The van der Waals surface area contributed by atoms with Crippen molar-refractivity contribution >= 4 is 15.9 Å². The Kier molecular flexibility index (Phi) is 4.35. The zero-order valence-corrected chi connectivity index (χ0v) is 9.72. The third kappa shape index (κ3) is 3.20. The Morgan fingerprint density at radius 2 is 1.94 bits per heavy atom. The lowest BCUT2D eigenvalue weighted by Crippen LogP contribution is -2.07. The molecule has 1 atom stereocenters. The standard InChI is InChI=1S/C10H10BrF3O2/c11-8-5-6(9(16)3-4-15)1-2-7(8)10(12,13)14/h1-2,5,9,15-16H,3-4H2. The van der Waals surface area contributed by atoms with Gasteiger partial charge >= 0.3 is 6.18 Å². The average Bonchev–Trinajstić information content (AvgIpc) is 2.16. The van der Waals surface area contributed by atoms with Gasteiger partial charge in [0, 0.05) is 17.5 Å². The molecule has 90 valence electrons. The van der Waals surface area contributed by atoms with Crippen molar-refractivity contribution in [3.05, 3.63) is 33.8 Å². The predicted molar refractivity (Wildman–Crippen MR) is 55.8 cm³/mol. The van der Waals surface area contributed by atoms with E-state index in [1.165, 1.54) is 12.1 Å². The number of rotatable bonds is 3. The zero-order valence-electron chi connectivity index (χ0n) is 8.13. The average molecular weight is 299 g/mol. The lowest BCUT2D eigenvalue weighted by molar-refractivity contribution is -0.138. The first-order valence-corrected chi connectivity index (χ1v) is 5.31. The van der Waals surface area contributed by atoms with E-state index in [0.29, 0.717) is 5.56 Å². The molecule has 0 saturated heterocycles. The van der Waals surface area contributed by atoms with E-state index in [0.717, 1.165) is 6.07 Å². The van der Waals surface area contributed by atoms with E-state index >= 15 is 0 Å². The quantitative estimate of drug-likeness (QED) is 0.901. The van der Waals surface area contributed by atoms with Crippen LogP contribution in [0.5, 0.6) is 0 Å². The third-order valence-corrected chi connectivity index (χ3v) is 2.74. The number of alkyl halides is 3. The lowest BCUT2D eigenvalue weighted by Gasteiger charge is -2.13. The molecule has 0 aliphatic carbocycles. The number of aliphatic hydroxyl groups excluding tert-OH is 2. The summed E-state index contributed by atoms with van der Waals surface area (Å²) in [5, 5.41) is 18.1. The molecule has 0 radical (unpaired) electrons. The van der Waals surface area contributed by atoms with Gasteiger partial charge in [0.05, 0.1) is 11.7 Å². The van der Waals surface area contributed by atoms with E-state index in [-0.39, 0.29) is 17.5 Å². The highest BCUT2D eigenvalue weighted by Crippen LogP contribution is 2.36. The molecule has 0 fully saturated rings. The van der Waals surface area contributed by atoms with Gasteiger partial charge in [0.1, 0.15) is 0 Å². The molecule has 6 heteroatoms. The Morgan fingerprint density at radius 3 is 2.38 bits per heavy atom. The van der Waals surface area contributed by atoms with Crippen LogP contribution in [0.25, 0.3) is 0 Å². The van der Waals surface area contributed by atoms with Crippen molar-refractivity contribution in [1.29, 1.82) is 0 Å². The van der Waals surface area contributed by atoms with Crippen molar-refractivity contribution in [2.24, 2.45) is 0 Å². The molecule has 1 rings (SSSR count). The van der Waals surface area contributed by atoms with Crippen LogP contribution in [0.4, 0.5) is 13.2 Å². The molecule has 1 aromatic carbocycles. The van der Waals surface area contributed by atoms with Gasteiger partial charge in [0.25, 0.3) is 0 Å². The van der Waals surface area contributed by atoms with Crippen LogP contribution in [0.3, 0.4) is 0 Å². The van der Waals surface area contributed by atoms with Gasteiger partial charge in [0.15, 0.2) is 0 Å². The summed E-state index contributed by atoms with van der Waals surface area (Å²) in [6, 6.07) is 3.32. The maximum atomic E-state index is 12.4. The Hall–Kier alpha value is -0.590. The summed E-state index contributed by atoms with van der Waals surface area (Å²) in [6.45, 7) is -0.222. The van der Waals surface area contributed by atoms with Gasteiger partial charge in [-0.25, -0.2) is 0 Å². The fourth-order valence-electron chi connectivity index (χ4n) is 1.26. The van der Waals surface area contributed by atoms with Gasteiger partial charge in [-0.1, -0.05) is 22.0 Å². The Morgan fingerprint density at radius 1 is 1.31 bits per heavy atom. The first-order chi connectivity index (χ1) is 7.36. The van der Waals surface area contributed by atoms with Crippen LogP contribution in [0, 0.1) is 0 Å². The summed E-state index contributed by atoms with van der Waals surface area (Å²) in [5.41, 5.74) is -0.443. The number of aliphatic hydroxyl groups is 2. The van der Waals surface area contributed by atoms with Crippen LogP contribution in [0.15, 0.2) is 22.7 Å². The van der Waals surface area contributed by atoms with E-state index in [2.05, 4.69) is 15.9 Å². The van der Waals surface area contributed by atoms with E-state index in [9.17, 15) is 18.3 Å². The zero-order chi connectivity index (χ0) is 12.3. The number of hydrogen-bond acceptors (Lipinski definition) is 2. The molecule has 0 amide bonds. The lowest BCUT2D eigenvalue weighted by atomic mass is 10.0. The normalized spacial score (nSPS) is 13.9. The fourth-order valence-corrected chi connectivity index (χ4v) is 1.88. The molecule has 2 nitrogen and oxygen atoms in total. The minimum atomic E-state index is -4.42. The summed E-state index contributed by atoms with van der Waals surface area (Å²) in [4.78, 5) is 0. The largest absolute Gasteiger partial charge is 0.417 e. The second kappa shape index (κ2) is 5.16. The summed E-state index contributed by atoms with van der Waals surface area (Å²) in [6.07, 6.45) is -5.28. The highest BCUT2D eigenvalue weighted by atomic mass is 79.9. The minimum absolute atomic E-state index is 0.0950. The van der Waals surface area contributed by atoms with Crippen molar-refractivity contribution in [2.75, 3.05) is 6.61 Å². The second-order valence-electron chi connectivity index (χ2n) is 3.27. The van der Waals surface area contributed by atoms with Gasteiger partial charge in [-0.05, 0) is 17.7 Å². The Labute approximate surface area is 98.8 Å². The molecule has 0 aliphatic heterocycles. The summed E-state index contributed by atoms with van der Waals surface area (Å²) in [7, 11) is 0. The van der Waals surface area contributed by atoms with Gasteiger partial charge in [-0.2, -0.15) is 13.2 Å². The molecule has 0 bridgehead atoms. The van der Waals surface area contributed by atoms with Crippen LogP contribution >= 0.6 is 15.9 Å². The minimum Gasteiger partial charge on any atom is -0.396 e. The second-order valence-corrected chi connectivity index (χ2v) is 4.12. The van der Waals surface area contributed by atoms with Crippen LogP contribution in [-0.2, 0) is 6.18 Å². The van der Waals surface area contributed by atoms with Gasteiger partial charge in [-0.15, -0.1) is 0 Å². The maximum Gasteiger partial charge on any atom is 0.417 e. The van der Waals surface area contributed by atoms with Crippen LogP contribution < -0.4 is 0 Å². The molecule has 0 spiro atoms. The Balaban J connectivity index is 3.00. The molecule has 0 saturated carbocycles. The smallest absolute Gasteiger partial charge is 0.396 e. The molecule has 1 aromatic rings. The highest BCUT2D eigenvalue weighted by molar-refractivity contribution is 9.10. The van der Waals surface area contributed by atoms with E-state index in [1.54, 1.807) is 0 Å². The number of benzene rings is 1. The summed E-state index contributed by atoms with van der Waals surface area (Å²) in [5.74, 6) is 0. The summed E-state index contributed by atoms with van der Waals surface area (Å²) >= 11 is 2.81. The van der Waals surface area contributed by atoms with Gasteiger partial charge in [-0.3, -0.25) is 0 Å². The van der Waals surface area contributed by atoms with E-state index < -0.39 is 17.8 Å². The van der Waals surface area contributed by atoms with Crippen molar-refractivity contribution in [3.63, 3.8) is 0 Å². The molecule has 16 heavy (non-hydrogen) atoms. The third-order valence-electron chi connectivity index (χ3n) is 2.09. The van der Waals surface area contributed by atoms with Crippen LogP contribution in [0.2, 0.25) is 0 Å². The fraction of sp³-hybridized carbons (Fsp3) is 0.400. The molecule has 0 aliphatic rings. The predicted octanol–water partition coefficient (Wildman–Crippen LogP) is 2.88. The Bertz CT molecular complexity index is 366. The number of halogens is 4. The monoisotopic (exact) mass is 298 g/mol. The molecular weight excluding hydrogens is 289 g/mol. The maximum absolute atomic E-state index is 12.4. The molecule has 0 heterocycles. The first-order valence-electron chi connectivity index (χ1n) is 4.52. The highest BCUT2D eigenvalue weighted by Gasteiger charge is 2.33. The topological polar surface area (TPSA) is 40.5 Å². The van der Waals surface area contributed by atoms with Gasteiger partial charge in [0.2, 0.25) is 0 Å². The van der Waals surface area contributed by atoms with E-state index in [1.807, 2.05) is 0 Å². The summed E-state index contributed by atoms with van der Waals surface area (Å²) < 4.78 is 37.1. The van der Waals surface area contributed by atoms with Crippen molar-refractivity contribution in [3.8, 4) is 0 Å². The van der Waals surface area contributed by atoms with Crippen LogP contribution in [0.1, 0.15) is 23.7 Å².